The lowest BCUT2D eigenvalue weighted by atomic mass is 9.97. The zero-order valence-electron chi connectivity index (χ0n) is 11.9. The highest BCUT2D eigenvalue weighted by Crippen LogP contribution is 2.38. The van der Waals surface area contributed by atoms with Gasteiger partial charge < -0.3 is 10.4 Å². The number of hydrogen-bond donors (Lipinski definition) is 2. The van der Waals surface area contributed by atoms with Crippen LogP contribution in [0.5, 0.6) is 0 Å². The first-order valence-electron chi connectivity index (χ1n) is 6.87. The molecule has 0 bridgehead atoms. The van der Waals surface area contributed by atoms with Crippen LogP contribution in [0.15, 0.2) is 6.07 Å². The van der Waals surface area contributed by atoms with Crippen molar-refractivity contribution < 1.29 is 5.11 Å². The summed E-state index contributed by atoms with van der Waals surface area (Å²) in [6.07, 6.45) is 3.07. The van der Waals surface area contributed by atoms with Gasteiger partial charge in [-0.1, -0.05) is 13.8 Å². The van der Waals surface area contributed by atoms with E-state index in [0.29, 0.717) is 12.1 Å². The third-order valence-corrected chi connectivity index (χ3v) is 3.87. The normalized spacial score (nSPS) is 28.2. The SMILES string of the molecule is Cc1cc(C)n(C2CCC(CO)(NC(C)C)C2)n1. The molecule has 0 saturated heterocycles. The molecule has 1 heterocycles. The Morgan fingerprint density at radius 2 is 2.28 bits per heavy atom. The van der Waals surface area contributed by atoms with Crippen LogP contribution in [0.25, 0.3) is 0 Å². The largest absolute Gasteiger partial charge is 0.394 e. The molecule has 4 nitrogen and oxygen atoms in total. The molecular weight excluding hydrogens is 226 g/mol. The first-order valence-corrected chi connectivity index (χ1v) is 6.87. The molecule has 0 amide bonds. The molecule has 1 aromatic rings. The molecule has 0 radical (unpaired) electrons. The van der Waals surface area contributed by atoms with Crippen molar-refractivity contribution in [2.45, 2.75) is 64.6 Å². The summed E-state index contributed by atoms with van der Waals surface area (Å²) in [5, 5.41) is 17.8. The van der Waals surface area contributed by atoms with Crippen LogP contribution in [-0.2, 0) is 0 Å². The molecule has 2 atom stereocenters. The summed E-state index contributed by atoms with van der Waals surface area (Å²) in [6, 6.07) is 2.93. The third kappa shape index (κ3) is 2.59. The maximum Gasteiger partial charge on any atom is 0.0614 e. The van der Waals surface area contributed by atoms with E-state index in [2.05, 4.69) is 41.9 Å². The number of rotatable bonds is 4. The minimum Gasteiger partial charge on any atom is -0.394 e. The second kappa shape index (κ2) is 5.02. The van der Waals surface area contributed by atoms with Crippen molar-refractivity contribution in [1.29, 1.82) is 0 Å². The van der Waals surface area contributed by atoms with Gasteiger partial charge in [-0.3, -0.25) is 4.68 Å². The summed E-state index contributed by atoms with van der Waals surface area (Å²) >= 11 is 0. The van der Waals surface area contributed by atoms with E-state index < -0.39 is 0 Å². The Bertz CT molecular complexity index is 413. The number of aliphatic hydroxyl groups excluding tert-OH is 1. The molecule has 1 saturated carbocycles. The fourth-order valence-electron chi connectivity index (χ4n) is 3.26. The summed E-state index contributed by atoms with van der Waals surface area (Å²) in [4.78, 5) is 0. The van der Waals surface area contributed by atoms with Gasteiger partial charge in [0.1, 0.15) is 0 Å². The van der Waals surface area contributed by atoms with E-state index in [4.69, 9.17) is 0 Å². The van der Waals surface area contributed by atoms with Crippen LogP contribution in [0.4, 0.5) is 0 Å². The van der Waals surface area contributed by atoms with E-state index in [9.17, 15) is 5.11 Å². The Morgan fingerprint density at radius 3 is 2.78 bits per heavy atom. The number of hydrogen-bond acceptors (Lipinski definition) is 3. The Hall–Kier alpha value is -0.870. The van der Waals surface area contributed by atoms with Gasteiger partial charge in [0.15, 0.2) is 0 Å². The molecule has 1 aliphatic rings. The number of aliphatic hydroxyl groups is 1. The maximum atomic E-state index is 9.71. The summed E-state index contributed by atoms with van der Waals surface area (Å²) in [5.74, 6) is 0. The lowest BCUT2D eigenvalue weighted by Gasteiger charge is -2.31. The molecule has 1 aromatic heterocycles. The quantitative estimate of drug-likeness (QED) is 0.860. The predicted octanol–water partition coefficient (Wildman–Crippen LogP) is 1.95. The molecule has 4 heteroatoms. The summed E-state index contributed by atoms with van der Waals surface area (Å²) in [7, 11) is 0. The number of aryl methyl sites for hydroxylation is 2. The Balaban J connectivity index is 2.13. The molecule has 0 aliphatic heterocycles. The van der Waals surface area contributed by atoms with Gasteiger partial charge in [0, 0.05) is 17.3 Å². The average molecular weight is 251 g/mol. The highest BCUT2D eigenvalue weighted by Gasteiger charge is 2.40. The zero-order chi connectivity index (χ0) is 13.3. The first-order chi connectivity index (χ1) is 8.46. The lowest BCUT2D eigenvalue weighted by molar-refractivity contribution is 0.151. The number of aromatic nitrogens is 2. The fraction of sp³-hybridized carbons (Fsp3) is 0.786. The monoisotopic (exact) mass is 251 g/mol. The second-order valence-electron chi connectivity index (χ2n) is 6.01. The van der Waals surface area contributed by atoms with Crippen LogP contribution in [0.1, 0.15) is 50.5 Å². The van der Waals surface area contributed by atoms with Crippen molar-refractivity contribution in [2.24, 2.45) is 0 Å². The van der Waals surface area contributed by atoms with E-state index in [-0.39, 0.29) is 12.1 Å². The van der Waals surface area contributed by atoms with Gasteiger partial charge in [-0.25, -0.2) is 0 Å². The van der Waals surface area contributed by atoms with Gasteiger partial charge in [0.2, 0.25) is 0 Å². The minimum atomic E-state index is -0.120. The van der Waals surface area contributed by atoms with Crippen LogP contribution < -0.4 is 5.32 Å². The van der Waals surface area contributed by atoms with Crippen LogP contribution in [0.2, 0.25) is 0 Å². The Morgan fingerprint density at radius 1 is 1.56 bits per heavy atom. The summed E-state index contributed by atoms with van der Waals surface area (Å²) in [6.45, 7) is 8.61. The molecule has 2 rings (SSSR count). The van der Waals surface area contributed by atoms with E-state index in [1.807, 2.05) is 6.92 Å². The van der Waals surface area contributed by atoms with Crippen LogP contribution in [0, 0.1) is 13.8 Å². The minimum absolute atomic E-state index is 0.120. The van der Waals surface area contributed by atoms with E-state index in [0.717, 1.165) is 25.0 Å². The van der Waals surface area contributed by atoms with Crippen molar-refractivity contribution in [3.63, 3.8) is 0 Å². The fourth-order valence-corrected chi connectivity index (χ4v) is 3.26. The van der Waals surface area contributed by atoms with Gasteiger partial charge >= 0.3 is 0 Å². The summed E-state index contributed by atoms with van der Waals surface area (Å²) < 4.78 is 2.13. The van der Waals surface area contributed by atoms with Crippen LogP contribution in [0.3, 0.4) is 0 Å². The van der Waals surface area contributed by atoms with E-state index in [1.165, 1.54) is 5.69 Å². The molecule has 18 heavy (non-hydrogen) atoms. The van der Waals surface area contributed by atoms with Crippen molar-refractivity contribution in [3.05, 3.63) is 17.5 Å². The van der Waals surface area contributed by atoms with Gasteiger partial charge in [0.25, 0.3) is 0 Å². The van der Waals surface area contributed by atoms with E-state index in [1.54, 1.807) is 0 Å². The third-order valence-electron chi connectivity index (χ3n) is 3.87. The molecule has 1 fully saturated rings. The average Bonchev–Trinajstić information content (AvgIpc) is 2.82. The van der Waals surface area contributed by atoms with Crippen molar-refractivity contribution in [3.8, 4) is 0 Å². The smallest absolute Gasteiger partial charge is 0.0614 e. The highest BCUT2D eigenvalue weighted by atomic mass is 16.3. The Kier molecular flexibility index (Phi) is 3.78. The zero-order valence-corrected chi connectivity index (χ0v) is 11.9. The van der Waals surface area contributed by atoms with Gasteiger partial charge in [0.05, 0.1) is 18.3 Å². The topological polar surface area (TPSA) is 50.1 Å². The van der Waals surface area contributed by atoms with Crippen molar-refractivity contribution in [2.75, 3.05) is 6.61 Å². The molecule has 0 aromatic carbocycles. The second-order valence-corrected chi connectivity index (χ2v) is 6.01. The maximum absolute atomic E-state index is 9.71. The van der Waals surface area contributed by atoms with Gasteiger partial charge in [-0.05, 0) is 39.2 Å². The Labute approximate surface area is 109 Å². The standard InChI is InChI=1S/C14H25N3O/c1-10(2)15-14(9-18)6-5-13(8-14)17-12(4)7-11(3)16-17/h7,10,13,15,18H,5-6,8-9H2,1-4H3. The van der Waals surface area contributed by atoms with Crippen LogP contribution >= 0.6 is 0 Å². The molecular formula is C14H25N3O. The molecule has 2 unspecified atom stereocenters. The predicted molar refractivity (Wildman–Crippen MR) is 72.7 cm³/mol. The summed E-state index contributed by atoms with van der Waals surface area (Å²) in [5.41, 5.74) is 2.17. The number of nitrogens with zero attached hydrogens (tertiary/aromatic N) is 2. The molecule has 0 spiro atoms. The van der Waals surface area contributed by atoms with Gasteiger partial charge in [-0.15, -0.1) is 0 Å². The van der Waals surface area contributed by atoms with E-state index >= 15 is 0 Å². The number of nitrogens with one attached hydrogen (secondary N) is 1. The van der Waals surface area contributed by atoms with Crippen molar-refractivity contribution in [1.82, 2.24) is 15.1 Å². The molecule has 2 N–H and O–H groups in total. The van der Waals surface area contributed by atoms with Gasteiger partial charge in [-0.2, -0.15) is 5.10 Å². The van der Waals surface area contributed by atoms with Crippen LogP contribution in [-0.4, -0.2) is 33.1 Å². The first kappa shape index (κ1) is 13.6. The lowest BCUT2D eigenvalue weighted by Crippen LogP contribution is -2.49. The van der Waals surface area contributed by atoms with Crippen molar-refractivity contribution >= 4 is 0 Å². The highest BCUT2D eigenvalue weighted by molar-refractivity contribution is 5.10. The molecule has 102 valence electrons. The molecule has 1 aliphatic carbocycles.